The maximum atomic E-state index is 12.5. The summed E-state index contributed by atoms with van der Waals surface area (Å²) >= 11 is 0. The van der Waals surface area contributed by atoms with Gasteiger partial charge in [0, 0.05) is 5.56 Å². The van der Waals surface area contributed by atoms with Crippen molar-refractivity contribution in [1.29, 1.82) is 0 Å². The van der Waals surface area contributed by atoms with Gasteiger partial charge in [-0.3, -0.25) is 4.79 Å². The van der Waals surface area contributed by atoms with Crippen molar-refractivity contribution in [3.63, 3.8) is 0 Å². The van der Waals surface area contributed by atoms with Gasteiger partial charge in [-0.1, -0.05) is 19.3 Å². The highest BCUT2D eigenvalue weighted by molar-refractivity contribution is 5.98. The zero-order valence-electron chi connectivity index (χ0n) is 12.7. The number of carbonyl (C=O) groups is 2. The predicted octanol–water partition coefficient (Wildman–Crippen LogP) is 3.31. The number of esters is 1. The van der Waals surface area contributed by atoms with Crippen LogP contribution in [0.3, 0.4) is 0 Å². The first-order valence-electron chi connectivity index (χ1n) is 7.37. The van der Waals surface area contributed by atoms with Crippen LogP contribution in [0.1, 0.15) is 48.0 Å². The molecule has 1 amide bonds. The molecule has 0 saturated heterocycles. The van der Waals surface area contributed by atoms with Gasteiger partial charge in [0.15, 0.2) is 0 Å². The summed E-state index contributed by atoms with van der Waals surface area (Å²) in [5, 5.41) is 2.66. The van der Waals surface area contributed by atoms with E-state index in [1.807, 2.05) is 0 Å². The molecule has 1 N–H and O–H groups in total. The molecule has 0 heterocycles. The Hall–Kier alpha value is -2.05. The van der Waals surface area contributed by atoms with E-state index in [1.165, 1.54) is 7.11 Å². The first-order chi connectivity index (χ1) is 10.8. The van der Waals surface area contributed by atoms with E-state index in [4.69, 9.17) is 4.74 Å². The largest absolute Gasteiger partial charge is 0.467 e. The van der Waals surface area contributed by atoms with E-state index in [9.17, 15) is 22.8 Å². The molecule has 0 atom stereocenters. The number of nitrogens with one attached hydrogen (secondary N) is 1. The summed E-state index contributed by atoms with van der Waals surface area (Å²) in [7, 11) is 1.25. The molecule has 0 spiro atoms. The number of ether oxygens (including phenoxy) is 1. The number of hydrogen-bond donors (Lipinski definition) is 1. The summed E-state index contributed by atoms with van der Waals surface area (Å²) < 4.78 is 42.4. The molecule has 1 aliphatic rings. The van der Waals surface area contributed by atoms with Crippen molar-refractivity contribution >= 4 is 11.9 Å². The Kier molecular flexibility index (Phi) is 4.97. The third-order valence-corrected chi connectivity index (χ3v) is 4.11. The van der Waals surface area contributed by atoms with Crippen LogP contribution in [0.25, 0.3) is 0 Å². The van der Waals surface area contributed by atoms with Crippen LogP contribution >= 0.6 is 0 Å². The standard InChI is InChI=1S/C16H18F3NO3/c1-23-14(22)15(9-3-2-4-10-15)20-13(21)11-5-7-12(8-6-11)16(17,18)19/h5-8H,2-4,9-10H2,1H3,(H,20,21). The van der Waals surface area contributed by atoms with Crippen molar-refractivity contribution < 1.29 is 27.5 Å². The number of hydrogen-bond acceptors (Lipinski definition) is 3. The van der Waals surface area contributed by atoms with Gasteiger partial charge < -0.3 is 10.1 Å². The van der Waals surface area contributed by atoms with Crippen LogP contribution in [0.2, 0.25) is 0 Å². The lowest BCUT2D eigenvalue weighted by molar-refractivity contribution is -0.149. The quantitative estimate of drug-likeness (QED) is 0.866. The number of methoxy groups -OCH3 is 1. The second-order valence-corrected chi connectivity index (χ2v) is 5.66. The first kappa shape index (κ1) is 17.3. The minimum Gasteiger partial charge on any atom is -0.467 e. The van der Waals surface area contributed by atoms with Crippen molar-refractivity contribution in [2.75, 3.05) is 7.11 Å². The van der Waals surface area contributed by atoms with Gasteiger partial charge in [-0.25, -0.2) is 4.79 Å². The normalized spacial score (nSPS) is 17.4. The SMILES string of the molecule is COC(=O)C1(NC(=O)c2ccc(C(F)(F)F)cc2)CCCCC1. The lowest BCUT2D eigenvalue weighted by atomic mass is 9.81. The Morgan fingerprint density at radius 3 is 2.13 bits per heavy atom. The van der Waals surface area contributed by atoms with Gasteiger partial charge in [-0.15, -0.1) is 0 Å². The predicted molar refractivity (Wildman–Crippen MR) is 76.7 cm³/mol. The van der Waals surface area contributed by atoms with Crippen molar-refractivity contribution in [1.82, 2.24) is 5.32 Å². The lowest BCUT2D eigenvalue weighted by Gasteiger charge is -2.35. The van der Waals surface area contributed by atoms with Crippen LogP contribution in [-0.2, 0) is 15.7 Å². The van der Waals surface area contributed by atoms with E-state index in [1.54, 1.807) is 0 Å². The number of halogens is 3. The van der Waals surface area contributed by atoms with Crippen LogP contribution in [0.15, 0.2) is 24.3 Å². The van der Waals surface area contributed by atoms with Crippen LogP contribution in [-0.4, -0.2) is 24.5 Å². The summed E-state index contributed by atoms with van der Waals surface area (Å²) in [6.07, 6.45) is -0.997. The molecule has 4 nitrogen and oxygen atoms in total. The van der Waals surface area contributed by atoms with Crippen LogP contribution in [0.5, 0.6) is 0 Å². The lowest BCUT2D eigenvalue weighted by Crippen LogP contribution is -2.56. The van der Waals surface area contributed by atoms with E-state index in [0.717, 1.165) is 43.5 Å². The second-order valence-electron chi connectivity index (χ2n) is 5.66. The van der Waals surface area contributed by atoms with Gasteiger partial charge >= 0.3 is 12.1 Å². The Labute approximate surface area is 132 Å². The molecule has 23 heavy (non-hydrogen) atoms. The minimum absolute atomic E-state index is 0.0758. The number of benzene rings is 1. The van der Waals surface area contributed by atoms with Gasteiger partial charge in [0.25, 0.3) is 5.91 Å². The molecular formula is C16H18F3NO3. The first-order valence-corrected chi connectivity index (χ1v) is 7.37. The van der Waals surface area contributed by atoms with Crippen LogP contribution in [0.4, 0.5) is 13.2 Å². The summed E-state index contributed by atoms with van der Waals surface area (Å²) in [5.41, 5.74) is -1.84. The molecule has 0 bridgehead atoms. The average molecular weight is 329 g/mol. The van der Waals surface area contributed by atoms with Gasteiger partial charge in [-0.05, 0) is 37.1 Å². The highest BCUT2D eigenvalue weighted by atomic mass is 19.4. The fourth-order valence-corrected chi connectivity index (χ4v) is 2.83. The summed E-state index contributed by atoms with van der Waals surface area (Å²) in [6.45, 7) is 0. The van der Waals surface area contributed by atoms with Gasteiger partial charge in [-0.2, -0.15) is 13.2 Å². The Morgan fingerprint density at radius 1 is 1.09 bits per heavy atom. The van der Waals surface area contributed by atoms with Gasteiger partial charge in [0.2, 0.25) is 0 Å². The molecule has 0 aromatic heterocycles. The molecule has 2 rings (SSSR count). The van der Waals surface area contributed by atoms with Crippen molar-refractivity contribution in [2.45, 2.75) is 43.8 Å². The molecule has 0 radical (unpaired) electrons. The topological polar surface area (TPSA) is 55.4 Å². The highest BCUT2D eigenvalue weighted by Gasteiger charge is 2.42. The number of amides is 1. The molecule has 1 fully saturated rings. The summed E-state index contributed by atoms with van der Waals surface area (Å²) in [4.78, 5) is 24.4. The molecule has 0 unspecified atom stereocenters. The summed E-state index contributed by atoms with van der Waals surface area (Å²) in [6, 6.07) is 3.90. The fourth-order valence-electron chi connectivity index (χ4n) is 2.83. The second kappa shape index (κ2) is 6.60. The molecule has 1 saturated carbocycles. The number of rotatable bonds is 3. The zero-order chi connectivity index (χ0) is 17.1. The van der Waals surface area contributed by atoms with Crippen LogP contribution < -0.4 is 5.32 Å². The molecule has 1 aliphatic carbocycles. The molecule has 7 heteroatoms. The molecule has 1 aromatic carbocycles. The fraction of sp³-hybridized carbons (Fsp3) is 0.500. The van der Waals surface area contributed by atoms with Crippen molar-refractivity contribution in [3.8, 4) is 0 Å². The molecular weight excluding hydrogens is 311 g/mol. The van der Waals surface area contributed by atoms with E-state index in [-0.39, 0.29) is 5.56 Å². The Balaban J connectivity index is 2.17. The van der Waals surface area contributed by atoms with E-state index < -0.39 is 29.2 Å². The third kappa shape index (κ3) is 3.83. The minimum atomic E-state index is -4.45. The van der Waals surface area contributed by atoms with Crippen molar-refractivity contribution in [2.24, 2.45) is 0 Å². The zero-order valence-corrected chi connectivity index (χ0v) is 12.7. The Morgan fingerprint density at radius 2 is 1.65 bits per heavy atom. The Bertz CT molecular complexity index is 575. The average Bonchev–Trinajstić information content (AvgIpc) is 2.54. The van der Waals surface area contributed by atoms with E-state index in [2.05, 4.69) is 5.32 Å². The van der Waals surface area contributed by atoms with Gasteiger partial charge in [0.1, 0.15) is 5.54 Å². The van der Waals surface area contributed by atoms with E-state index >= 15 is 0 Å². The molecule has 0 aliphatic heterocycles. The maximum absolute atomic E-state index is 12.5. The van der Waals surface area contributed by atoms with Crippen LogP contribution in [0, 0.1) is 0 Å². The third-order valence-electron chi connectivity index (χ3n) is 4.11. The monoisotopic (exact) mass is 329 g/mol. The number of alkyl halides is 3. The highest BCUT2D eigenvalue weighted by Crippen LogP contribution is 2.31. The molecule has 1 aromatic rings. The molecule has 126 valence electrons. The van der Waals surface area contributed by atoms with Gasteiger partial charge in [0.05, 0.1) is 12.7 Å². The smallest absolute Gasteiger partial charge is 0.416 e. The maximum Gasteiger partial charge on any atom is 0.416 e. The van der Waals surface area contributed by atoms with E-state index in [0.29, 0.717) is 12.8 Å². The summed E-state index contributed by atoms with van der Waals surface area (Å²) in [5.74, 6) is -1.09. The van der Waals surface area contributed by atoms with Crippen molar-refractivity contribution in [3.05, 3.63) is 35.4 Å². The number of carbonyl (C=O) groups excluding carboxylic acids is 2.